The van der Waals surface area contributed by atoms with E-state index in [2.05, 4.69) is 5.32 Å². The molecule has 1 N–H and O–H groups in total. The molecule has 1 saturated heterocycles. The van der Waals surface area contributed by atoms with Crippen LogP contribution in [0.2, 0.25) is 0 Å². The molecule has 0 bridgehead atoms. The van der Waals surface area contributed by atoms with Gasteiger partial charge in [-0.15, -0.1) is 0 Å². The minimum atomic E-state index is -0.512. The summed E-state index contributed by atoms with van der Waals surface area (Å²) >= 11 is 0. The predicted octanol–water partition coefficient (Wildman–Crippen LogP) is 0.736. The first kappa shape index (κ1) is 18.4. The Kier molecular flexibility index (Phi) is 7.14. The largest absolute Gasteiger partial charge is 0.383 e. The zero-order valence-corrected chi connectivity index (χ0v) is 14.0. The molecule has 132 valence electrons. The zero-order chi connectivity index (χ0) is 17.4. The van der Waals surface area contributed by atoms with Crippen LogP contribution in [0.1, 0.15) is 16.8 Å². The SMILES string of the molecule is COCCNCC(=O)N1CCCN(C(=O)c2ccccc2F)CC1. The van der Waals surface area contributed by atoms with Crippen LogP contribution in [0.5, 0.6) is 0 Å². The van der Waals surface area contributed by atoms with Gasteiger partial charge in [-0.1, -0.05) is 12.1 Å². The number of amides is 2. The number of rotatable bonds is 6. The topological polar surface area (TPSA) is 61.9 Å². The number of methoxy groups -OCH3 is 1. The third kappa shape index (κ3) is 5.01. The lowest BCUT2D eigenvalue weighted by Crippen LogP contribution is -2.41. The van der Waals surface area contributed by atoms with Gasteiger partial charge < -0.3 is 19.9 Å². The monoisotopic (exact) mass is 337 g/mol. The summed E-state index contributed by atoms with van der Waals surface area (Å²) in [6, 6.07) is 5.99. The molecule has 1 fully saturated rings. The lowest BCUT2D eigenvalue weighted by molar-refractivity contribution is -0.130. The number of nitrogens with zero attached hydrogens (tertiary/aromatic N) is 2. The van der Waals surface area contributed by atoms with Crippen molar-refractivity contribution in [3.8, 4) is 0 Å². The fourth-order valence-corrected chi connectivity index (χ4v) is 2.66. The summed E-state index contributed by atoms with van der Waals surface area (Å²) in [5.74, 6) is -0.825. The second-order valence-corrected chi connectivity index (χ2v) is 5.68. The van der Waals surface area contributed by atoms with Gasteiger partial charge in [-0.25, -0.2) is 4.39 Å². The van der Waals surface area contributed by atoms with Crippen LogP contribution in [0.3, 0.4) is 0 Å². The van der Waals surface area contributed by atoms with Crippen molar-refractivity contribution in [3.05, 3.63) is 35.6 Å². The Labute approximate surface area is 141 Å². The van der Waals surface area contributed by atoms with Crippen molar-refractivity contribution in [2.24, 2.45) is 0 Å². The Bertz CT molecular complexity index is 568. The molecule has 1 aliphatic heterocycles. The highest BCUT2D eigenvalue weighted by atomic mass is 19.1. The van der Waals surface area contributed by atoms with Crippen molar-refractivity contribution in [1.29, 1.82) is 0 Å². The van der Waals surface area contributed by atoms with Crippen LogP contribution in [-0.2, 0) is 9.53 Å². The number of hydrogen-bond donors (Lipinski definition) is 1. The summed E-state index contributed by atoms with van der Waals surface area (Å²) in [6.45, 7) is 3.43. The quantitative estimate of drug-likeness (QED) is 0.778. The number of halogens is 1. The molecule has 0 saturated carbocycles. The minimum absolute atomic E-state index is 0.00583. The summed E-state index contributed by atoms with van der Waals surface area (Å²) in [7, 11) is 1.61. The normalized spacial score (nSPS) is 15.2. The van der Waals surface area contributed by atoms with Gasteiger partial charge in [0.2, 0.25) is 5.91 Å². The summed E-state index contributed by atoms with van der Waals surface area (Å²) < 4.78 is 18.7. The van der Waals surface area contributed by atoms with Crippen LogP contribution in [0.4, 0.5) is 4.39 Å². The summed E-state index contributed by atoms with van der Waals surface area (Å²) in [6.07, 6.45) is 0.685. The molecular weight excluding hydrogens is 313 g/mol. The van der Waals surface area contributed by atoms with Gasteiger partial charge in [0.25, 0.3) is 5.91 Å². The molecule has 7 heteroatoms. The second-order valence-electron chi connectivity index (χ2n) is 5.68. The molecule has 0 aliphatic carbocycles. The molecule has 6 nitrogen and oxygen atoms in total. The van der Waals surface area contributed by atoms with Crippen LogP contribution in [0, 0.1) is 5.82 Å². The van der Waals surface area contributed by atoms with Crippen molar-refractivity contribution in [2.75, 3.05) is 53.0 Å². The molecular formula is C17H24FN3O3. The van der Waals surface area contributed by atoms with E-state index in [1.165, 1.54) is 12.1 Å². The fourth-order valence-electron chi connectivity index (χ4n) is 2.66. The molecule has 0 radical (unpaired) electrons. The Morgan fingerprint density at radius 1 is 1.17 bits per heavy atom. The van der Waals surface area contributed by atoms with E-state index in [1.54, 1.807) is 29.0 Å². The first-order valence-corrected chi connectivity index (χ1v) is 8.14. The van der Waals surface area contributed by atoms with Crippen molar-refractivity contribution in [3.63, 3.8) is 0 Å². The predicted molar refractivity (Wildman–Crippen MR) is 88.2 cm³/mol. The van der Waals surface area contributed by atoms with Crippen LogP contribution >= 0.6 is 0 Å². The van der Waals surface area contributed by atoms with Crippen LogP contribution < -0.4 is 5.32 Å². The molecule has 2 amide bonds. The standard InChI is InChI=1S/C17H24FN3O3/c1-24-12-7-19-13-16(22)20-8-4-9-21(11-10-20)17(23)14-5-2-3-6-15(14)18/h2-3,5-6,19H,4,7-13H2,1H3. The van der Waals surface area contributed by atoms with Crippen LogP contribution in [0.15, 0.2) is 24.3 Å². The minimum Gasteiger partial charge on any atom is -0.383 e. The van der Waals surface area contributed by atoms with Crippen LogP contribution in [0.25, 0.3) is 0 Å². The first-order valence-electron chi connectivity index (χ1n) is 8.14. The maximum Gasteiger partial charge on any atom is 0.256 e. The highest BCUT2D eigenvalue weighted by molar-refractivity contribution is 5.94. The van der Waals surface area contributed by atoms with Gasteiger partial charge >= 0.3 is 0 Å². The van der Waals surface area contributed by atoms with Gasteiger partial charge in [-0.3, -0.25) is 9.59 Å². The van der Waals surface area contributed by atoms with Crippen LogP contribution in [-0.4, -0.2) is 74.6 Å². The summed E-state index contributed by atoms with van der Waals surface area (Å²) in [4.78, 5) is 28.0. The second kappa shape index (κ2) is 9.34. The van der Waals surface area contributed by atoms with E-state index in [4.69, 9.17) is 4.74 Å². The van der Waals surface area contributed by atoms with Gasteiger partial charge in [0.05, 0.1) is 18.7 Å². The van der Waals surface area contributed by atoms with E-state index in [0.717, 1.165) is 0 Å². The number of hydrogen-bond acceptors (Lipinski definition) is 4. The molecule has 24 heavy (non-hydrogen) atoms. The third-order valence-electron chi connectivity index (χ3n) is 4.00. The number of carbonyl (C=O) groups excluding carboxylic acids is 2. The highest BCUT2D eigenvalue weighted by Crippen LogP contribution is 2.12. The van der Waals surface area contributed by atoms with Gasteiger partial charge in [0, 0.05) is 39.8 Å². The molecule has 0 atom stereocenters. The fraction of sp³-hybridized carbons (Fsp3) is 0.529. The van der Waals surface area contributed by atoms with E-state index >= 15 is 0 Å². The van der Waals surface area contributed by atoms with E-state index in [9.17, 15) is 14.0 Å². The van der Waals surface area contributed by atoms with Crippen molar-refractivity contribution in [2.45, 2.75) is 6.42 Å². The lowest BCUT2D eigenvalue weighted by atomic mass is 10.2. The van der Waals surface area contributed by atoms with E-state index in [1.807, 2.05) is 0 Å². The zero-order valence-electron chi connectivity index (χ0n) is 14.0. The molecule has 0 unspecified atom stereocenters. The average molecular weight is 337 g/mol. The van der Waals surface area contributed by atoms with Crippen molar-refractivity contribution in [1.82, 2.24) is 15.1 Å². The number of nitrogens with one attached hydrogen (secondary N) is 1. The molecule has 0 aromatic heterocycles. The first-order chi connectivity index (χ1) is 11.6. The maximum atomic E-state index is 13.8. The molecule has 1 aromatic carbocycles. The van der Waals surface area contributed by atoms with E-state index in [-0.39, 0.29) is 23.9 Å². The lowest BCUT2D eigenvalue weighted by Gasteiger charge is -2.22. The Morgan fingerprint density at radius 2 is 1.88 bits per heavy atom. The maximum absolute atomic E-state index is 13.8. The smallest absolute Gasteiger partial charge is 0.256 e. The molecule has 1 aliphatic rings. The molecule has 1 aromatic rings. The molecule has 1 heterocycles. The molecule has 2 rings (SSSR count). The number of carbonyl (C=O) groups is 2. The highest BCUT2D eigenvalue weighted by Gasteiger charge is 2.23. The Balaban J connectivity index is 1.87. The van der Waals surface area contributed by atoms with Crippen molar-refractivity contribution >= 4 is 11.8 Å². The van der Waals surface area contributed by atoms with Gasteiger partial charge in [0.15, 0.2) is 0 Å². The van der Waals surface area contributed by atoms with E-state index in [0.29, 0.717) is 45.8 Å². The van der Waals surface area contributed by atoms with Gasteiger partial charge in [0.1, 0.15) is 5.82 Å². The molecule has 0 spiro atoms. The Morgan fingerprint density at radius 3 is 2.62 bits per heavy atom. The summed E-state index contributed by atoms with van der Waals surface area (Å²) in [5.41, 5.74) is 0.0820. The number of ether oxygens (including phenoxy) is 1. The van der Waals surface area contributed by atoms with E-state index < -0.39 is 5.82 Å². The van der Waals surface area contributed by atoms with Gasteiger partial charge in [-0.05, 0) is 18.6 Å². The van der Waals surface area contributed by atoms with Gasteiger partial charge in [-0.2, -0.15) is 0 Å². The number of benzene rings is 1. The summed E-state index contributed by atoms with van der Waals surface area (Å²) in [5, 5.41) is 3.02. The Hall–Kier alpha value is -1.99. The average Bonchev–Trinajstić information content (AvgIpc) is 2.84. The third-order valence-corrected chi connectivity index (χ3v) is 4.00. The van der Waals surface area contributed by atoms with Crippen molar-refractivity contribution < 1.29 is 18.7 Å².